The van der Waals surface area contributed by atoms with Crippen LogP contribution in [0.15, 0.2) is 48.5 Å². The number of anilines is 2. The summed E-state index contributed by atoms with van der Waals surface area (Å²) >= 11 is 0. The van der Waals surface area contributed by atoms with Crippen molar-refractivity contribution in [2.24, 2.45) is 5.73 Å². The number of aliphatic hydroxyl groups excluding tert-OH is 1. The Morgan fingerprint density at radius 1 is 1.31 bits per heavy atom. The maximum absolute atomic E-state index is 12.9. The second-order valence-electron chi connectivity index (χ2n) is 7.45. The Morgan fingerprint density at radius 2 is 2.00 bits per heavy atom. The third kappa shape index (κ3) is 5.69. The second kappa shape index (κ2) is 9.47. The Kier molecular flexibility index (Phi) is 6.92. The predicted molar refractivity (Wildman–Crippen MR) is 119 cm³/mol. The minimum Gasteiger partial charge on any atom is -0.384 e. The first-order valence-corrected chi connectivity index (χ1v) is 11.7. The highest BCUT2D eigenvalue weighted by Crippen LogP contribution is 2.23. The quantitative estimate of drug-likeness (QED) is 0.340. The third-order valence-corrected chi connectivity index (χ3v) is 5.65. The van der Waals surface area contributed by atoms with Gasteiger partial charge >= 0.3 is 0 Å². The minimum atomic E-state index is -3.25. The molecule has 10 nitrogen and oxygen atoms in total. The van der Waals surface area contributed by atoms with E-state index in [0.717, 1.165) is 6.26 Å². The molecule has 11 heteroatoms. The standard InChI is InChI=1S/C21H24N4O6S/c1-32(29,30)12-13-3-2-4-16(11-13)25-9-10-31-18(21(25)28)17(26)20(27)24-15-7-5-14(6-8-15)19(22)23/h2-8,11,17-18,26H,9-10,12H2,1H3,(H3,22,23)(H,24,27)/t17?,18-/m1/s1. The van der Waals surface area contributed by atoms with E-state index < -0.39 is 33.9 Å². The summed E-state index contributed by atoms with van der Waals surface area (Å²) in [5, 5.41) is 20.3. The number of nitrogens with zero attached hydrogens (tertiary/aromatic N) is 1. The molecule has 1 unspecified atom stereocenters. The highest BCUT2D eigenvalue weighted by molar-refractivity contribution is 7.89. The Morgan fingerprint density at radius 3 is 2.62 bits per heavy atom. The number of nitrogens with two attached hydrogens (primary N) is 1. The van der Waals surface area contributed by atoms with Crippen molar-refractivity contribution in [3.05, 3.63) is 59.7 Å². The van der Waals surface area contributed by atoms with E-state index in [1.807, 2.05) is 0 Å². The van der Waals surface area contributed by atoms with E-state index in [2.05, 4.69) is 5.32 Å². The van der Waals surface area contributed by atoms with E-state index in [9.17, 15) is 23.1 Å². The number of hydrogen-bond donors (Lipinski definition) is 4. The molecular formula is C21H24N4O6S. The van der Waals surface area contributed by atoms with Crippen LogP contribution in [0.2, 0.25) is 0 Å². The van der Waals surface area contributed by atoms with Gasteiger partial charge in [0, 0.05) is 29.7 Å². The molecule has 0 aliphatic carbocycles. The van der Waals surface area contributed by atoms with Gasteiger partial charge in [-0.2, -0.15) is 0 Å². The summed E-state index contributed by atoms with van der Waals surface area (Å²) in [5.41, 5.74) is 7.20. The van der Waals surface area contributed by atoms with Crippen LogP contribution in [0.25, 0.3) is 0 Å². The highest BCUT2D eigenvalue weighted by Gasteiger charge is 2.39. The summed E-state index contributed by atoms with van der Waals surface area (Å²) in [6.07, 6.45) is -2.06. The van der Waals surface area contributed by atoms with Crippen molar-refractivity contribution in [1.29, 1.82) is 5.41 Å². The molecule has 1 aliphatic heterocycles. The number of aliphatic hydroxyl groups is 1. The number of hydrogen-bond acceptors (Lipinski definition) is 7. The number of morpholine rings is 1. The van der Waals surface area contributed by atoms with Gasteiger partial charge in [-0.3, -0.25) is 15.0 Å². The number of benzene rings is 2. The van der Waals surface area contributed by atoms with Gasteiger partial charge in [0.05, 0.1) is 12.4 Å². The van der Waals surface area contributed by atoms with Gasteiger partial charge in [0.1, 0.15) is 5.84 Å². The van der Waals surface area contributed by atoms with Gasteiger partial charge in [0.2, 0.25) is 0 Å². The lowest BCUT2D eigenvalue weighted by molar-refractivity contribution is -0.150. The Labute approximate surface area is 185 Å². The minimum absolute atomic E-state index is 0.0877. The number of carbonyl (C=O) groups is 2. The molecule has 2 aromatic rings. The van der Waals surface area contributed by atoms with Gasteiger partial charge in [-0.05, 0) is 42.0 Å². The van der Waals surface area contributed by atoms with Crippen molar-refractivity contribution < 1.29 is 27.9 Å². The van der Waals surface area contributed by atoms with Crippen LogP contribution in [-0.4, -0.2) is 62.8 Å². The summed E-state index contributed by atoms with van der Waals surface area (Å²) in [7, 11) is -3.25. The number of amides is 2. The number of sulfone groups is 1. The van der Waals surface area contributed by atoms with Crippen LogP contribution in [0.1, 0.15) is 11.1 Å². The molecule has 0 spiro atoms. The number of nitrogens with one attached hydrogen (secondary N) is 2. The molecule has 2 amide bonds. The van der Waals surface area contributed by atoms with E-state index in [1.165, 1.54) is 29.2 Å². The molecule has 0 radical (unpaired) electrons. The molecule has 2 aromatic carbocycles. The monoisotopic (exact) mass is 460 g/mol. The van der Waals surface area contributed by atoms with Crippen molar-refractivity contribution in [3.8, 4) is 0 Å². The van der Waals surface area contributed by atoms with Crippen LogP contribution >= 0.6 is 0 Å². The smallest absolute Gasteiger partial charge is 0.259 e. The third-order valence-electron chi connectivity index (χ3n) is 4.79. The average molecular weight is 461 g/mol. The first-order valence-electron chi connectivity index (χ1n) is 9.68. The fraction of sp³-hybridized carbons (Fsp3) is 0.286. The molecule has 0 saturated carbocycles. The summed E-state index contributed by atoms with van der Waals surface area (Å²) in [6.45, 7) is 0.281. The molecule has 170 valence electrons. The molecule has 5 N–H and O–H groups in total. The van der Waals surface area contributed by atoms with Crippen LogP contribution in [0.4, 0.5) is 11.4 Å². The van der Waals surface area contributed by atoms with Crippen molar-refractivity contribution in [2.75, 3.05) is 29.6 Å². The molecular weight excluding hydrogens is 436 g/mol. The first kappa shape index (κ1) is 23.4. The molecule has 2 atom stereocenters. The maximum Gasteiger partial charge on any atom is 0.259 e. The van der Waals surface area contributed by atoms with Crippen LogP contribution in [0, 0.1) is 5.41 Å². The molecule has 1 heterocycles. The molecule has 0 aromatic heterocycles. The molecule has 32 heavy (non-hydrogen) atoms. The SMILES string of the molecule is CS(=O)(=O)Cc1cccc(N2CCO[C@H](C(O)C(=O)Nc3ccc(C(=N)N)cc3)C2=O)c1. The van der Waals surface area contributed by atoms with Crippen LogP contribution in [0.5, 0.6) is 0 Å². The highest BCUT2D eigenvalue weighted by atomic mass is 32.2. The van der Waals surface area contributed by atoms with E-state index in [4.69, 9.17) is 15.9 Å². The predicted octanol–water partition coefficient (Wildman–Crippen LogP) is 0.247. The van der Waals surface area contributed by atoms with E-state index >= 15 is 0 Å². The summed E-state index contributed by atoms with van der Waals surface area (Å²) in [4.78, 5) is 26.8. The lowest BCUT2D eigenvalue weighted by Crippen LogP contribution is -2.55. The number of amidine groups is 1. The average Bonchev–Trinajstić information content (AvgIpc) is 2.72. The number of ether oxygens (including phenoxy) is 1. The van der Waals surface area contributed by atoms with Gasteiger partial charge in [-0.25, -0.2) is 8.42 Å². The summed E-state index contributed by atoms with van der Waals surface area (Å²) in [6, 6.07) is 12.6. The zero-order chi connectivity index (χ0) is 23.5. The van der Waals surface area contributed by atoms with Crippen LogP contribution in [0.3, 0.4) is 0 Å². The maximum atomic E-state index is 12.9. The summed E-state index contributed by atoms with van der Waals surface area (Å²) < 4.78 is 28.5. The lowest BCUT2D eigenvalue weighted by atomic mass is 10.1. The number of rotatable bonds is 7. The van der Waals surface area contributed by atoms with Crippen molar-refractivity contribution in [3.63, 3.8) is 0 Å². The normalized spacial score (nSPS) is 17.6. The van der Waals surface area contributed by atoms with Gasteiger partial charge < -0.3 is 25.8 Å². The zero-order valence-corrected chi connectivity index (χ0v) is 18.1. The van der Waals surface area contributed by atoms with E-state index in [0.29, 0.717) is 22.5 Å². The van der Waals surface area contributed by atoms with Gasteiger partial charge in [-0.1, -0.05) is 12.1 Å². The van der Waals surface area contributed by atoms with E-state index in [-0.39, 0.29) is 24.7 Å². The molecule has 1 saturated heterocycles. The molecule has 3 rings (SSSR count). The largest absolute Gasteiger partial charge is 0.384 e. The van der Waals surface area contributed by atoms with Crippen molar-refractivity contribution in [2.45, 2.75) is 18.0 Å². The molecule has 1 fully saturated rings. The Balaban J connectivity index is 1.72. The van der Waals surface area contributed by atoms with Gasteiger partial charge in [0.15, 0.2) is 22.0 Å². The Hall–Kier alpha value is -3.28. The Bertz CT molecular complexity index is 1130. The van der Waals surface area contributed by atoms with Crippen LogP contribution in [-0.2, 0) is 29.9 Å². The van der Waals surface area contributed by atoms with Crippen LogP contribution < -0.4 is 16.0 Å². The molecule has 1 aliphatic rings. The van der Waals surface area contributed by atoms with Crippen molar-refractivity contribution >= 4 is 38.9 Å². The van der Waals surface area contributed by atoms with Gasteiger partial charge in [-0.15, -0.1) is 0 Å². The fourth-order valence-corrected chi connectivity index (χ4v) is 4.08. The fourth-order valence-electron chi connectivity index (χ4n) is 3.29. The number of carbonyl (C=O) groups excluding carboxylic acids is 2. The van der Waals surface area contributed by atoms with Gasteiger partial charge in [0.25, 0.3) is 11.8 Å². The number of nitrogen functional groups attached to an aromatic ring is 1. The lowest BCUT2D eigenvalue weighted by Gasteiger charge is -2.34. The second-order valence-corrected chi connectivity index (χ2v) is 9.59. The van der Waals surface area contributed by atoms with E-state index in [1.54, 1.807) is 24.3 Å². The van der Waals surface area contributed by atoms with Crippen molar-refractivity contribution in [1.82, 2.24) is 0 Å². The molecule has 0 bridgehead atoms. The zero-order valence-electron chi connectivity index (χ0n) is 17.3. The topological polar surface area (TPSA) is 163 Å². The summed E-state index contributed by atoms with van der Waals surface area (Å²) in [5.74, 6) is -1.73. The first-order chi connectivity index (χ1) is 15.0.